The highest BCUT2D eigenvalue weighted by Gasteiger charge is 2.34. The molecule has 29 heavy (non-hydrogen) atoms. The molecule has 0 bridgehead atoms. The van der Waals surface area contributed by atoms with Crippen LogP contribution >= 0.6 is 15.9 Å². The van der Waals surface area contributed by atoms with Crippen molar-refractivity contribution < 1.29 is 23.8 Å². The molecule has 1 saturated carbocycles. The van der Waals surface area contributed by atoms with Gasteiger partial charge in [0.25, 0.3) is 0 Å². The van der Waals surface area contributed by atoms with Crippen molar-refractivity contribution in [2.45, 2.75) is 18.9 Å². The fourth-order valence-electron chi connectivity index (χ4n) is 3.34. The third-order valence-electron chi connectivity index (χ3n) is 5.00. The maximum Gasteiger partial charge on any atom is 0.306 e. The number of aliphatic carboxylic acids is 1. The molecule has 150 valence electrons. The van der Waals surface area contributed by atoms with E-state index in [1.165, 1.54) is 6.07 Å². The molecule has 1 N–H and O–H groups in total. The minimum Gasteiger partial charge on any atom is -0.490 e. The first kappa shape index (κ1) is 19.7. The molecule has 0 atom stereocenters. The van der Waals surface area contributed by atoms with Gasteiger partial charge in [-0.05, 0) is 53.0 Å². The monoisotopic (exact) mass is 458 g/mol. The smallest absolute Gasteiger partial charge is 0.306 e. The molecule has 1 heterocycles. The second-order valence-electron chi connectivity index (χ2n) is 6.94. The van der Waals surface area contributed by atoms with Gasteiger partial charge in [0.15, 0.2) is 11.0 Å². The van der Waals surface area contributed by atoms with E-state index in [9.17, 15) is 9.59 Å². The van der Waals surface area contributed by atoms with E-state index in [0.717, 1.165) is 0 Å². The van der Waals surface area contributed by atoms with Crippen LogP contribution in [-0.4, -0.2) is 30.4 Å². The van der Waals surface area contributed by atoms with Crippen LogP contribution in [-0.2, 0) is 9.53 Å². The van der Waals surface area contributed by atoms with Gasteiger partial charge in [-0.1, -0.05) is 18.2 Å². The van der Waals surface area contributed by atoms with Crippen LogP contribution in [0.5, 0.6) is 5.75 Å². The highest BCUT2D eigenvalue weighted by atomic mass is 79.9. The predicted octanol–water partition coefficient (Wildman–Crippen LogP) is 4.48. The second kappa shape index (κ2) is 8.39. The van der Waals surface area contributed by atoms with E-state index in [1.807, 2.05) is 30.3 Å². The summed E-state index contributed by atoms with van der Waals surface area (Å²) in [6.07, 6.45) is 1.07. The van der Waals surface area contributed by atoms with Crippen molar-refractivity contribution in [3.8, 4) is 17.1 Å². The minimum absolute atomic E-state index is 0.0224. The van der Waals surface area contributed by atoms with Gasteiger partial charge in [-0.15, -0.1) is 0 Å². The Bertz CT molecular complexity index is 1100. The number of benzene rings is 2. The van der Waals surface area contributed by atoms with Crippen LogP contribution < -0.4 is 10.2 Å². The molecule has 4 rings (SSSR count). The fourth-order valence-corrected chi connectivity index (χ4v) is 3.79. The summed E-state index contributed by atoms with van der Waals surface area (Å²) in [5, 5.41) is 9.41. The van der Waals surface area contributed by atoms with Crippen molar-refractivity contribution in [1.82, 2.24) is 0 Å². The molecule has 0 aliphatic heterocycles. The molecule has 3 aromatic rings. The van der Waals surface area contributed by atoms with E-state index in [-0.39, 0.29) is 17.5 Å². The van der Waals surface area contributed by atoms with Crippen molar-refractivity contribution in [3.63, 3.8) is 0 Å². The van der Waals surface area contributed by atoms with Crippen molar-refractivity contribution in [3.05, 3.63) is 63.2 Å². The van der Waals surface area contributed by atoms with Crippen molar-refractivity contribution in [1.29, 1.82) is 0 Å². The molecule has 0 saturated heterocycles. The van der Waals surface area contributed by atoms with Crippen LogP contribution in [0.15, 0.2) is 62.2 Å². The summed E-state index contributed by atoms with van der Waals surface area (Å²) < 4.78 is 18.2. The number of rotatable bonds is 7. The van der Waals surface area contributed by atoms with E-state index in [0.29, 0.717) is 58.6 Å². The Morgan fingerprint density at radius 2 is 1.93 bits per heavy atom. The average molecular weight is 459 g/mol. The Morgan fingerprint density at radius 3 is 2.72 bits per heavy atom. The number of carboxylic acids is 1. The third-order valence-corrected chi connectivity index (χ3v) is 5.62. The Balaban J connectivity index is 1.46. The van der Waals surface area contributed by atoms with Gasteiger partial charge >= 0.3 is 5.97 Å². The molecule has 0 spiro atoms. The lowest BCUT2D eigenvalue weighted by atomic mass is 9.82. The summed E-state index contributed by atoms with van der Waals surface area (Å²) >= 11 is 3.43. The van der Waals surface area contributed by atoms with Crippen LogP contribution in [0.4, 0.5) is 0 Å². The highest BCUT2D eigenvalue weighted by molar-refractivity contribution is 9.10. The first-order valence-electron chi connectivity index (χ1n) is 9.32. The molecule has 0 unspecified atom stereocenters. The van der Waals surface area contributed by atoms with E-state index in [1.54, 1.807) is 12.1 Å². The summed E-state index contributed by atoms with van der Waals surface area (Å²) in [6.45, 7) is 0.672. The lowest BCUT2D eigenvalue weighted by Crippen LogP contribution is -2.37. The topological polar surface area (TPSA) is 86.0 Å². The van der Waals surface area contributed by atoms with E-state index >= 15 is 0 Å². The average Bonchev–Trinajstić information content (AvgIpc) is 2.67. The Hall–Kier alpha value is -2.64. The summed E-state index contributed by atoms with van der Waals surface area (Å²) in [6, 6.07) is 14.1. The number of ether oxygens (including phenoxy) is 2. The predicted molar refractivity (Wildman–Crippen MR) is 111 cm³/mol. The quantitative estimate of drug-likeness (QED) is 0.525. The zero-order chi connectivity index (χ0) is 20.4. The van der Waals surface area contributed by atoms with E-state index in [4.69, 9.17) is 19.0 Å². The Kier molecular flexibility index (Phi) is 5.69. The number of halogens is 1. The maximum atomic E-state index is 12.5. The van der Waals surface area contributed by atoms with Crippen molar-refractivity contribution in [2.24, 2.45) is 5.92 Å². The van der Waals surface area contributed by atoms with Gasteiger partial charge in [-0.2, -0.15) is 0 Å². The number of hydrogen-bond donors (Lipinski definition) is 1. The molecular weight excluding hydrogens is 440 g/mol. The molecule has 1 aromatic heterocycles. The van der Waals surface area contributed by atoms with Crippen molar-refractivity contribution in [2.75, 3.05) is 13.2 Å². The van der Waals surface area contributed by atoms with Crippen LogP contribution in [0.2, 0.25) is 0 Å². The number of para-hydroxylation sites is 2. The van der Waals surface area contributed by atoms with Crippen LogP contribution in [0, 0.1) is 5.92 Å². The van der Waals surface area contributed by atoms with Gasteiger partial charge in [0.2, 0.25) is 0 Å². The van der Waals surface area contributed by atoms with Crippen LogP contribution in [0.1, 0.15) is 12.8 Å². The normalized spacial score (nSPS) is 18.4. The third kappa shape index (κ3) is 4.21. The van der Waals surface area contributed by atoms with Gasteiger partial charge in [0.1, 0.15) is 18.1 Å². The summed E-state index contributed by atoms with van der Waals surface area (Å²) in [5.41, 5.74) is 1.04. The number of carbonyl (C=O) groups is 1. The van der Waals surface area contributed by atoms with Crippen molar-refractivity contribution >= 4 is 32.9 Å². The Labute approximate surface area is 175 Å². The first-order valence-corrected chi connectivity index (χ1v) is 10.1. The van der Waals surface area contributed by atoms with Gasteiger partial charge < -0.3 is 19.0 Å². The minimum atomic E-state index is -0.765. The van der Waals surface area contributed by atoms with Crippen LogP contribution in [0.3, 0.4) is 0 Å². The molecule has 2 aromatic carbocycles. The zero-order valence-corrected chi connectivity index (χ0v) is 17.1. The number of hydrogen-bond acceptors (Lipinski definition) is 5. The first-order chi connectivity index (χ1) is 14.0. The molecule has 1 aliphatic rings. The number of carboxylic acid groups (broad SMARTS) is 1. The van der Waals surface area contributed by atoms with Gasteiger partial charge in [0, 0.05) is 6.07 Å². The molecule has 1 fully saturated rings. The molecule has 0 radical (unpaired) electrons. The second-order valence-corrected chi connectivity index (χ2v) is 7.79. The Morgan fingerprint density at radius 1 is 1.14 bits per heavy atom. The standard InChI is InChI=1S/C22H19BrO6/c23-17-6-3-5-15-18(24)12-20(29-21(15)17)16-4-1-2-7-19(16)28-9-8-27-14-10-13(11-14)22(25)26/h1-7,12-14H,8-11H2,(H,25,26)/t13-,14+. The van der Waals surface area contributed by atoms with Crippen LogP contribution in [0.25, 0.3) is 22.3 Å². The van der Waals surface area contributed by atoms with Gasteiger partial charge in [-0.25, -0.2) is 0 Å². The van der Waals surface area contributed by atoms with E-state index in [2.05, 4.69) is 15.9 Å². The lowest BCUT2D eigenvalue weighted by Gasteiger charge is -2.32. The zero-order valence-electron chi connectivity index (χ0n) is 15.5. The van der Waals surface area contributed by atoms with Gasteiger partial charge in [0.05, 0.1) is 34.1 Å². The summed E-state index contributed by atoms with van der Waals surface area (Å²) in [5.74, 6) is -0.0489. The molecule has 6 nitrogen and oxygen atoms in total. The summed E-state index contributed by atoms with van der Waals surface area (Å²) in [7, 11) is 0. The van der Waals surface area contributed by atoms with E-state index < -0.39 is 5.97 Å². The molecule has 1 aliphatic carbocycles. The molecule has 7 heteroatoms. The lowest BCUT2D eigenvalue weighted by molar-refractivity contribution is -0.151. The summed E-state index contributed by atoms with van der Waals surface area (Å²) in [4.78, 5) is 23.3. The molecular formula is C22H19BrO6. The maximum absolute atomic E-state index is 12.5. The van der Waals surface area contributed by atoms with Gasteiger partial charge in [-0.3, -0.25) is 9.59 Å². The number of fused-ring (bicyclic) bond motifs is 1. The SMILES string of the molecule is O=c1cc(-c2ccccc2OCCO[C@H]2C[C@@H](C(=O)O)C2)oc2c(Br)cccc12. The highest BCUT2D eigenvalue weighted by Crippen LogP contribution is 2.33. The molecule has 0 amide bonds. The fraction of sp³-hybridized carbons (Fsp3) is 0.273. The largest absolute Gasteiger partial charge is 0.490 e.